The van der Waals surface area contributed by atoms with Crippen LogP contribution in [0.4, 0.5) is 0 Å². The summed E-state index contributed by atoms with van der Waals surface area (Å²) >= 11 is 0. The molecule has 1 N–H and O–H groups in total. The van der Waals surface area contributed by atoms with E-state index in [0.29, 0.717) is 0 Å². The van der Waals surface area contributed by atoms with Gasteiger partial charge in [0.15, 0.2) is 0 Å². The molecular weight excluding hydrogens is 198 g/mol. The fraction of sp³-hybridized carbons (Fsp3) is 0.571. The van der Waals surface area contributed by atoms with Gasteiger partial charge in [-0.1, -0.05) is 30.5 Å². The third-order valence-electron chi connectivity index (χ3n) is 3.18. The standard InChI is InChI=1S/C14H21NO/c1-11-3-6-14(16-2)13(9-11)10-15-8-7-12-4-5-12/h3,6,9,12,15H,4-5,7-8,10H2,1-2H3. The average molecular weight is 219 g/mol. The number of ether oxygens (including phenoxy) is 1. The molecule has 0 radical (unpaired) electrons. The molecule has 2 rings (SSSR count). The highest BCUT2D eigenvalue weighted by Crippen LogP contribution is 2.31. The van der Waals surface area contributed by atoms with Crippen molar-refractivity contribution in [3.8, 4) is 5.75 Å². The molecule has 1 saturated carbocycles. The van der Waals surface area contributed by atoms with Gasteiger partial charge >= 0.3 is 0 Å². The highest BCUT2D eigenvalue weighted by Gasteiger charge is 2.19. The van der Waals surface area contributed by atoms with Crippen molar-refractivity contribution in [2.75, 3.05) is 13.7 Å². The first kappa shape index (κ1) is 11.5. The third-order valence-corrected chi connectivity index (χ3v) is 3.18. The Morgan fingerprint density at radius 2 is 2.19 bits per heavy atom. The Hall–Kier alpha value is -1.02. The van der Waals surface area contributed by atoms with E-state index in [1.54, 1.807) is 7.11 Å². The van der Waals surface area contributed by atoms with Crippen molar-refractivity contribution in [3.05, 3.63) is 29.3 Å². The van der Waals surface area contributed by atoms with E-state index >= 15 is 0 Å². The molecule has 1 aliphatic carbocycles. The zero-order valence-corrected chi connectivity index (χ0v) is 10.3. The van der Waals surface area contributed by atoms with Gasteiger partial charge in [0.05, 0.1) is 7.11 Å². The van der Waals surface area contributed by atoms with Gasteiger partial charge in [0.1, 0.15) is 5.75 Å². The van der Waals surface area contributed by atoms with Gasteiger partial charge in [0.25, 0.3) is 0 Å². The predicted molar refractivity (Wildman–Crippen MR) is 66.8 cm³/mol. The molecule has 0 heterocycles. The van der Waals surface area contributed by atoms with Gasteiger partial charge in [-0.05, 0) is 31.9 Å². The van der Waals surface area contributed by atoms with E-state index in [4.69, 9.17) is 4.74 Å². The molecule has 0 saturated heterocycles. The smallest absolute Gasteiger partial charge is 0.123 e. The Labute approximate surface area is 98.0 Å². The van der Waals surface area contributed by atoms with Crippen LogP contribution in [0.15, 0.2) is 18.2 Å². The number of hydrogen-bond acceptors (Lipinski definition) is 2. The first-order valence-corrected chi connectivity index (χ1v) is 6.14. The molecule has 0 aliphatic heterocycles. The molecule has 0 atom stereocenters. The van der Waals surface area contributed by atoms with Crippen molar-refractivity contribution < 1.29 is 4.74 Å². The van der Waals surface area contributed by atoms with Crippen LogP contribution in [0.5, 0.6) is 5.75 Å². The maximum Gasteiger partial charge on any atom is 0.123 e. The zero-order chi connectivity index (χ0) is 11.4. The van der Waals surface area contributed by atoms with E-state index in [2.05, 4.69) is 24.4 Å². The van der Waals surface area contributed by atoms with Gasteiger partial charge in [-0.3, -0.25) is 0 Å². The van der Waals surface area contributed by atoms with Crippen LogP contribution in [0, 0.1) is 12.8 Å². The molecule has 2 nitrogen and oxygen atoms in total. The van der Waals surface area contributed by atoms with Gasteiger partial charge in [-0.2, -0.15) is 0 Å². The molecule has 0 unspecified atom stereocenters. The highest BCUT2D eigenvalue weighted by atomic mass is 16.5. The Balaban J connectivity index is 1.83. The van der Waals surface area contributed by atoms with E-state index in [-0.39, 0.29) is 0 Å². The van der Waals surface area contributed by atoms with Crippen molar-refractivity contribution in [2.24, 2.45) is 5.92 Å². The molecule has 0 amide bonds. The summed E-state index contributed by atoms with van der Waals surface area (Å²) in [5.74, 6) is 2.00. The third kappa shape index (κ3) is 3.24. The van der Waals surface area contributed by atoms with E-state index in [1.807, 2.05) is 6.07 Å². The number of methoxy groups -OCH3 is 1. The van der Waals surface area contributed by atoms with Crippen LogP contribution in [0.2, 0.25) is 0 Å². The first-order valence-electron chi connectivity index (χ1n) is 6.14. The molecular formula is C14H21NO. The highest BCUT2D eigenvalue weighted by molar-refractivity contribution is 5.36. The number of hydrogen-bond donors (Lipinski definition) is 1. The Morgan fingerprint density at radius 1 is 1.38 bits per heavy atom. The lowest BCUT2D eigenvalue weighted by molar-refractivity contribution is 0.407. The molecule has 1 aromatic rings. The van der Waals surface area contributed by atoms with E-state index in [0.717, 1.165) is 24.8 Å². The molecule has 1 fully saturated rings. The van der Waals surface area contributed by atoms with Crippen LogP contribution in [0.25, 0.3) is 0 Å². The Bertz CT molecular complexity index is 345. The summed E-state index contributed by atoms with van der Waals surface area (Å²) in [6.45, 7) is 4.16. The Morgan fingerprint density at radius 3 is 2.88 bits per heavy atom. The lowest BCUT2D eigenvalue weighted by Gasteiger charge is -2.10. The predicted octanol–water partition coefficient (Wildman–Crippen LogP) is 2.89. The minimum atomic E-state index is 0.914. The fourth-order valence-corrected chi connectivity index (χ4v) is 1.98. The topological polar surface area (TPSA) is 21.3 Å². The molecule has 0 spiro atoms. The van der Waals surface area contributed by atoms with Crippen molar-refractivity contribution in [1.82, 2.24) is 5.32 Å². The maximum absolute atomic E-state index is 5.35. The lowest BCUT2D eigenvalue weighted by atomic mass is 10.1. The SMILES string of the molecule is COc1ccc(C)cc1CNCCC1CC1. The maximum atomic E-state index is 5.35. The number of benzene rings is 1. The summed E-state index contributed by atoms with van der Waals surface area (Å²) in [5, 5.41) is 3.49. The summed E-state index contributed by atoms with van der Waals surface area (Å²) in [5.41, 5.74) is 2.55. The Kier molecular flexibility index (Phi) is 3.83. The molecule has 1 aliphatic rings. The zero-order valence-electron chi connectivity index (χ0n) is 10.3. The number of rotatable bonds is 6. The van der Waals surface area contributed by atoms with Crippen LogP contribution < -0.4 is 10.1 Å². The minimum absolute atomic E-state index is 0.914. The average Bonchev–Trinajstić information content (AvgIpc) is 3.08. The second-order valence-corrected chi connectivity index (χ2v) is 4.72. The van der Waals surface area contributed by atoms with Crippen molar-refractivity contribution in [3.63, 3.8) is 0 Å². The number of aryl methyl sites for hydroxylation is 1. The summed E-state index contributed by atoms with van der Waals surface area (Å²) < 4.78 is 5.35. The lowest BCUT2D eigenvalue weighted by Crippen LogP contribution is -2.15. The summed E-state index contributed by atoms with van der Waals surface area (Å²) in [6, 6.07) is 6.34. The molecule has 88 valence electrons. The molecule has 16 heavy (non-hydrogen) atoms. The van der Waals surface area contributed by atoms with Gasteiger partial charge in [0.2, 0.25) is 0 Å². The van der Waals surface area contributed by atoms with E-state index in [9.17, 15) is 0 Å². The second kappa shape index (κ2) is 5.35. The quantitative estimate of drug-likeness (QED) is 0.743. The molecule has 0 bridgehead atoms. The largest absolute Gasteiger partial charge is 0.496 e. The van der Waals surface area contributed by atoms with Gasteiger partial charge in [0, 0.05) is 12.1 Å². The van der Waals surface area contributed by atoms with Gasteiger partial charge in [-0.25, -0.2) is 0 Å². The normalized spacial score (nSPS) is 15.1. The van der Waals surface area contributed by atoms with E-state index in [1.165, 1.54) is 30.4 Å². The molecule has 2 heteroatoms. The summed E-state index contributed by atoms with van der Waals surface area (Å²) in [6.07, 6.45) is 4.21. The summed E-state index contributed by atoms with van der Waals surface area (Å²) in [7, 11) is 1.73. The number of nitrogens with one attached hydrogen (secondary N) is 1. The van der Waals surface area contributed by atoms with Gasteiger partial charge < -0.3 is 10.1 Å². The van der Waals surface area contributed by atoms with Crippen LogP contribution in [-0.4, -0.2) is 13.7 Å². The van der Waals surface area contributed by atoms with Crippen molar-refractivity contribution in [2.45, 2.75) is 32.7 Å². The van der Waals surface area contributed by atoms with Crippen LogP contribution >= 0.6 is 0 Å². The second-order valence-electron chi connectivity index (χ2n) is 4.72. The fourth-order valence-electron chi connectivity index (χ4n) is 1.98. The van der Waals surface area contributed by atoms with E-state index < -0.39 is 0 Å². The summed E-state index contributed by atoms with van der Waals surface area (Å²) in [4.78, 5) is 0. The monoisotopic (exact) mass is 219 g/mol. The van der Waals surface area contributed by atoms with Gasteiger partial charge in [-0.15, -0.1) is 0 Å². The van der Waals surface area contributed by atoms with Crippen LogP contribution in [0.3, 0.4) is 0 Å². The minimum Gasteiger partial charge on any atom is -0.496 e. The van der Waals surface area contributed by atoms with Crippen molar-refractivity contribution in [1.29, 1.82) is 0 Å². The molecule has 0 aromatic heterocycles. The van der Waals surface area contributed by atoms with Crippen LogP contribution in [-0.2, 0) is 6.54 Å². The first-order chi connectivity index (χ1) is 7.79. The van der Waals surface area contributed by atoms with Crippen molar-refractivity contribution >= 4 is 0 Å². The van der Waals surface area contributed by atoms with Crippen LogP contribution in [0.1, 0.15) is 30.4 Å². The molecule has 1 aromatic carbocycles.